The summed E-state index contributed by atoms with van der Waals surface area (Å²) in [7, 11) is 0. The molecule has 1 saturated heterocycles. The Morgan fingerprint density at radius 2 is 1.88 bits per heavy atom. The highest BCUT2D eigenvalue weighted by Crippen LogP contribution is 2.23. The van der Waals surface area contributed by atoms with Gasteiger partial charge in [-0.3, -0.25) is 4.79 Å². The molecule has 1 heterocycles. The van der Waals surface area contributed by atoms with E-state index in [9.17, 15) is 4.79 Å². The first-order chi connectivity index (χ1) is 12.4. The lowest BCUT2D eigenvalue weighted by molar-refractivity contribution is 0.0707. The first-order valence-electron chi connectivity index (χ1n) is 9.12. The Labute approximate surface area is 155 Å². The Morgan fingerprint density at radius 3 is 2.54 bits per heavy atom. The Balaban J connectivity index is 1.87. The number of fused-ring (bicyclic) bond motifs is 1. The molecule has 0 aromatic heterocycles. The molecule has 132 valence electrons. The van der Waals surface area contributed by atoms with Gasteiger partial charge in [-0.1, -0.05) is 30.0 Å². The van der Waals surface area contributed by atoms with E-state index in [0.29, 0.717) is 18.7 Å². The summed E-state index contributed by atoms with van der Waals surface area (Å²) in [6.07, 6.45) is 1.53. The van der Waals surface area contributed by atoms with Crippen LogP contribution < -0.4 is 0 Å². The summed E-state index contributed by atoms with van der Waals surface area (Å²) in [6.45, 7) is 7.60. The molecule has 1 aliphatic rings. The Hall–Kier alpha value is -2.78. The van der Waals surface area contributed by atoms with Crippen molar-refractivity contribution in [2.45, 2.75) is 33.6 Å². The molecule has 0 atom stereocenters. The molecule has 0 radical (unpaired) electrons. The average molecular weight is 344 g/mol. The number of piperidine rings is 1. The predicted octanol–water partition coefficient (Wildman–Crippen LogP) is 4.61. The zero-order chi connectivity index (χ0) is 18.7. The van der Waals surface area contributed by atoms with E-state index in [-0.39, 0.29) is 17.2 Å². The van der Waals surface area contributed by atoms with Gasteiger partial charge in [0, 0.05) is 35.5 Å². The van der Waals surface area contributed by atoms with Crippen molar-refractivity contribution in [2.75, 3.05) is 13.1 Å². The molecule has 1 amide bonds. The number of hydrogen-bond donors (Lipinski definition) is 0. The second-order valence-corrected chi connectivity index (χ2v) is 7.94. The molecule has 0 aliphatic carbocycles. The van der Waals surface area contributed by atoms with Crippen molar-refractivity contribution in [3.63, 3.8) is 0 Å². The molecule has 0 spiro atoms. The van der Waals surface area contributed by atoms with Gasteiger partial charge in [0.05, 0.1) is 6.07 Å². The van der Waals surface area contributed by atoms with E-state index in [1.165, 1.54) is 0 Å². The Bertz CT molecular complexity index is 927. The van der Waals surface area contributed by atoms with E-state index in [0.717, 1.165) is 29.2 Å². The minimum Gasteiger partial charge on any atom is -0.339 e. The summed E-state index contributed by atoms with van der Waals surface area (Å²) in [5, 5.41) is 11.1. The molecule has 0 bridgehead atoms. The van der Waals surface area contributed by atoms with Gasteiger partial charge < -0.3 is 4.90 Å². The van der Waals surface area contributed by atoms with Crippen molar-refractivity contribution >= 4 is 16.7 Å². The maximum Gasteiger partial charge on any atom is 0.253 e. The van der Waals surface area contributed by atoms with Crippen LogP contribution in [-0.4, -0.2) is 23.9 Å². The fourth-order valence-electron chi connectivity index (χ4n) is 3.17. The van der Waals surface area contributed by atoms with Crippen molar-refractivity contribution in [1.82, 2.24) is 4.90 Å². The number of carbonyl (C=O) groups excluding carboxylic acids is 1. The quantitative estimate of drug-likeness (QED) is 0.709. The number of carbonyl (C=O) groups is 1. The molecular formula is C23H24N2O. The summed E-state index contributed by atoms with van der Waals surface area (Å²) in [4.78, 5) is 14.7. The number of amides is 1. The molecule has 3 rings (SSSR count). The molecular weight excluding hydrogens is 320 g/mol. The lowest BCUT2D eigenvalue weighted by Crippen LogP contribution is -2.38. The number of nitrogens with zero attached hydrogens (tertiary/aromatic N) is 2. The zero-order valence-electron chi connectivity index (χ0n) is 15.7. The van der Waals surface area contributed by atoms with Crippen molar-refractivity contribution < 1.29 is 4.79 Å². The van der Waals surface area contributed by atoms with Crippen LogP contribution in [0.2, 0.25) is 0 Å². The Morgan fingerprint density at radius 1 is 1.15 bits per heavy atom. The summed E-state index contributed by atoms with van der Waals surface area (Å²) < 4.78 is 0. The lowest BCUT2D eigenvalue weighted by Gasteiger charge is -2.29. The van der Waals surface area contributed by atoms with Crippen LogP contribution in [-0.2, 0) is 0 Å². The summed E-state index contributed by atoms with van der Waals surface area (Å²) in [5.41, 5.74) is 1.65. The van der Waals surface area contributed by atoms with Crippen LogP contribution in [0.5, 0.6) is 0 Å². The van der Waals surface area contributed by atoms with Gasteiger partial charge in [-0.2, -0.15) is 5.26 Å². The number of hydrogen-bond acceptors (Lipinski definition) is 2. The molecule has 0 N–H and O–H groups in total. The van der Waals surface area contributed by atoms with E-state index in [4.69, 9.17) is 5.26 Å². The van der Waals surface area contributed by atoms with Gasteiger partial charge in [0.15, 0.2) is 0 Å². The zero-order valence-corrected chi connectivity index (χ0v) is 15.7. The topological polar surface area (TPSA) is 44.1 Å². The fraction of sp³-hybridized carbons (Fsp3) is 0.391. The maximum atomic E-state index is 12.8. The number of benzene rings is 2. The fourth-order valence-corrected chi connectivity index (χ4v) is 3.17. The second kappa shape index (κ2) is 7.22. The highest BCUT2D eigenvalue weighted by molar-refractivity contribution is 5.99. The van der Waals surface area contributed by atoms with Crippen molar-refractivity contribution in [3.8, 4) is 17.9 Å². The minimum absolute atomic E-state index is 0.0480. The van der Waals surface area contributed by atoms with Gasteiger partial charge in [0.25, 0.3) is 5.91 Å². The molecule has 2 aromatic carbocycles. The third-order valence-electron chi connectivity index (χ3n) is 4.66. The van der Waals surface area contributed by atoms with Gasteiger partial charge in [0.2, 0.25) is 0 Å². The van der Waals surface area contributed by atoms with Crippen molar-refractivity contribution in [2.24, 2.45) is 11.3 Å². The molecule has 3 heteroatoms. The third-order valence-corrected chi connectivity index (χ3v) is 4.66. The lowest BCUT2D eigenvalue weighted by atomic mass is 9.95. The molecule has 3 nitrogen and oxygen atoms in total. The number of likely N-dealkylation sites (tertiary alicyclic amines) is 1. The minimum atomic E-state index is -0.0480. The molecule has 2 aromatic rings. The van der Waals surface area contributed by atoms with E-state index in [2.05, 4.69) is 38.7 Å². The van der Waals surface area contributed by atoms with Gasteiger partial charge in [0.1, 0.15) is 0 Å². The van der Waals surface area contributed by atoms with Gasteiger partial charge >= 0.3 is 0 Å². The second-order valence-electron chi connectivity index (χ2n) is 7.94. The largest absolute Gasteiger partial charge is 0.339 e. The van der Waals surface area contributed by atoms with E-state index in [1.54, 1.807) is 0 Å². The third kappa shape index (κ3) is 4.06. The average Bonchev–Trinajstić information content (AvgIpc) is 2.64. The van der Waals surface area contributed by atoms with Gasteiger partial charge in [-0.25, -0.2) is 0 Å². The van der Waals surface area contributed by atoms with E-state index < -0.39 is 0 Å². The SMILES string of the molecule is CC(C)(C)C#Cc1cccc2cc(C(=O)N3CCC(C#N)CC3)ccc12. The van der Waals surface area contributed by atoms with Crippen LogP contribution in [0.3, 0.4) is 0 Å². The summed E-state index contributed by atoms with van der Waals surface area (Å²) >= 11 is 0. The molecule has 1 aliphatic heterocycles. The van der Waals surface area contributed by atoms with E-state index >= 15 is 0 Å². The predicted molar refractivity (Wildman–Crippen MR) is 105 cm³/mol. The monoisotopic (exact) mass is 344 g/mol. The summed E-state index contributed by atoms with van der Waals surface area (Å²) in [6, 6.07) is 14.2. The van der Waals surface area contributed by atoms with Crippen LogP contribution in [0.25, 0.3) is 10.8 Å². The Kier molecular flexibility index (Phi) is 5.01. The molecule has 0 saturated carbocycles. The molecule has 26 heavy (non-hydrogen) atoms. The van der Waals surface area contributed by atoms with Crippen LogP contribution in [0, 0.1) is 34.5 Å². The molecule has 1 fully saturated rings. The van der Waals surface area contributed by atoms with Crippen LogP contribution in [0.4, 0.5) is 0 Å². The van der Waals surface area contributed by atoms with Crippen LogP contribution >= 0.6 is 0 Å². The number of rotatable bonds is 1. The van der Waals surface area contributed by atoms with Crippen LogP contribution in [0.15, 0.2) is 36.4 Å². The smallest absolute Gasteiger partial charge is 0.253 e. The van der Waals surface area contributed by atoms with Gasteiger partial charge in [-0.15, -0.1) is 0 Å². The highest BCUT2D eigenvalue weighted by Gasteiger charge is 2.23. The maximum absolute atomic E-state index is 12.8. The summed E-state index contributed by atoms with van der Waals surface area (Å²) in [5.74, 6) is 6.69. The standard InChI is InChI=1S/C23H24N2O/c1-23(2,3)12-9-18-5-4-6-19-15-20(7-8-21(18)19)22(26)25-13-10-17(16-24)11-14-25/h4-8,15,17H,10-11,13-14H2,1-3H3. The van der Waals surface area contributed by atoms with E-state index in [1.807, 2.05) is 41.3 Å². The highest BCUT2D eigenvalue weighted by atomic mass is 16.2. The normalized spacial score (nSPS) is 15.2. The van der Waals surface area contributed by atoms with Crippen LogP contribution in [0.1, 0.15) is 49.5 Å². The first-order valence-corrected chi connectivity index (χ1v) is 9.12. The van der Waals surface area contributed by atoms with Crippen molar-refractivity contribution in [3.05, 3.63) is 47.5 Å². The molecule has 0 unspecified atom stereocenters. The first kappa shape index (κ1) is 18.0. The van der Waals surface area contributed by atoms with Crippen molar-refractivity contribution in [1.29, 1.82) is 5.26 Å². The number of nitriles is 1. The van der Waals surface area contributed by atoms with Gasteiger partial charge in [-0.05, 0) is 62.6 Å².